The molecule has 1 aliphatic heterocycles. The van der Waals surface area contributed by atoms with Crippen molar-refractivity contribution in [2.24, 2.45) is 11.0 Å². The number of rotatable bonds is 3. The molecule has 0 saturated carbocycles. The van der Waals surface area contributed by atoms with Gasteiger partial charge < -0.3 is 4.90 Å². The number of halogens is 1. The van der Waals surface area contributed by atoms with E-state index in [-0.39, 0.29) is 11.8 Å². The molecule has 0 aliphatic carbocycles. The molecule has 1 unspecified atom stereocenters. The van der Waals surface area contributed by atoms with Crippen LogP contribution in [0.1, 0.15) is 6.42 Å². The smallest absolute Gasteiger partial charge is 0.227 e. The summed E-state index contributed by atoms with van der Waals surface area (Å²) in [6.07, 6.45) is 3.73. The van der Waals surface area contributed by atoms with Gasteiger partial charge in [0.2, 0.25) is 5.91 Å². The summed E-state index contributed by atoms with van der Waals surface area (Å²) in [6.45, 7) is 0.929. The zero-order chi connectivity index (χ0) is 12.3. The summed E-state index contributed by atoms with van der Waals surface area (Å²) in [5, 5.41) is 3.51. The molecule has 1 aliphatic rings. The number of anilines is 1. The second-order valence-electron chi connectivity index (χ2n) is 3.82. The van der Waals surface area contributed by atoms with Crippen molar-refractivity contribution in [3.05, 3.63) is 33.4 Å². The van der Waals surface area contributed by atoms with E-state index in [4.69, 9.17) is 5.53 Å². The molecule has 2 heterocycles. The molecule has 7 heteroatoms. The molecule has 0 aromatic carbocycles. The van der Waals surface area contributed by atoms with Crippen LogP contribution in [0.25, 0.3) is 10.4 Å². The fourth-order valence-electron chi connectivity index (χ4n) is 1.86. The highest BCUT2D eigenvalue weighted by Crippen LogP contribution is 2.30. The minimum atomic E-state index is 0.0387. The lowest BCUT2D eigenvalue weighted by atomic mass is 10.1. The Balaban J connectivity index is 2.16. The molecule has 17 heavy (non-hydrogen) atoms. The first kappa shape index (κ1) is 11.9. The number of hydrogen-bond acceptors (Lipinski definition) is 3. The second kappa shape index (κ2) is 5.16. The molecule has 1 aromatic heterocycles. The lowest BCUT2D eigenvalue weighted by molar-refractivity contribution is -0.117. The average Bonchev–Trinajstić information content (AvgIpc) is 2.68. The van der Waals surface area contributed by atoms with E-state index in [2.05, 4.69) is 30.9 Å². The van der Waals surface area contributed by atoms with Crippen molar-refractivity contribution in [3.8, 4) is 0 Å². The molecule has 0 bridgehead atoms. The number of hydrogen-bond donors (Lipinski definition) is 0. The fourth-order valence-corrected chi connectivity index (χ4v) is 2.29. The molecule has 6 nitrogen and oxygen atoms in total. The number of amides is 1. The number of aromatic nitrogens is 1. The van der Waals surface area contributed by atoms with Crippen molar-refractivity contribution < 1.29 is 4.79 Å². The lowest BCUT2D eigenvalue weighted by Gasteiger charge is -2.17. The number of carbonyl (C=O) groups is 1. The molecular weight excluding hydrogens is 286 g/mol. The van der Waals surface area contributed by atoms with E-state index in [1.165, 1.54) is 0 Å². The quantitative estimate of drug-likeness (QED) is 0.488. The van der Waals surface area contributed by atoms with Gasteiger partial charge in [0.05, 0.1) is 11.9 Å². The van der Waals surface area contributed by atoms with Gasteiger partial charge in [-0.2, -0.15) is 0 Å². The molecular formula is C10H10BrN5O. The number of pyridine rings is 1. The van der Waals surface area contributed by atoms with E-state index < -0.39 is 0 Å². The van der Waals surface area contributed by atoms with Crippen LogP contribution in [0.3, 0.4) is 0 Å². The van der Waals surface area contributed by atoms with Gasteiger partial charge >= 0.3 is 0 Å². The third-order valence-electron chi connectivity index (χ3n) is 2.65. The van der Waals surface area contributed by atoms with Crippen molar-refractivity contribution >= 4 is 27.5 Å². The number of azide groups is 1. The highest BCUT2D eigenvalue weighted by atomic mass is 79.9. The van der Waals surface area contributed by atoms with Crippen LogP contribution < -0.4 is 4.90 Å². The predicted octanol–water partition coefficient (Wildman–Crippen LogP) is 2.51. The van der Waals surface area contributed by atoms with E-state index in [0.29, 0.717) is 19.5 Å². The molecule has 1 amide bonds. The van der Waals surface area contributed by atoms with Crippen LogP contribution in [0.15, 0.2) is 28.0 Å². The lowest BCUT2D eigenvalue weighted by Crippen LogP contribution is -2.25. The Kier molecular flexibility index (Phi) is 3.61. The van der Waals surface area contributed by atoms with Gasteiger partial charge in [0, 0.05) is 35.1 Å². The predicted molar refractivity (Wildman–Crippen MR) is 66.4 cm³/mol. The Labute approximate surface area is 106 Å². The molecule has 1 atom stereocenters. The van der Waals surface area contributed by atoms with Crippen LogP contribution >= 0.6 is 15.9 Å². The number of carbonyl (C=O) groups excluding carboxylic acids is 1. The van der Waals surface area contributed by atoms with Gasteiger partial charge in [-0.3, -0.25) is 9.78 Å². The summed E-state index contributed by atoms with van der Waals surface area (Å²) in [5.74, 6) is 0.127. The Morgan fingerprint density at radius 2 is 2.53 bits per heavy atom. The minimum absolute atomic E-state index is 0.0387. The van der Waals surface area contributed by atoms with Crippen LogP contribution in [0.5, 0.6) is 0 Å². The standard InChI is InChI=1S/C10H10BrN5O/c11-8-1-2-13-5-9(8)16-6-7(3-10(16)17)4-14-15-12/h1-2,5,7H,3-4,6H2. The van der Waals surface area contributed by atoms with Gasteiger partial charge in [-0.15, -0.1) is 0 Å². The zero-order valence-corrected chi connectivity index (χ0v) is 10.5. The van der Waals surface area contributed by atoms with Crippen molar-refractivity contribution in [2.45, 2.75) is 6.42 Å². The van der Waals surface area contributed by atoms with Crippen LogP contribution in [-0.2, 0) is 4.79 Å². The number of nitrogens with zero attached hydrogens (tertiary/aromatic N) is 5. The third-order valence-corrected chi connectivity index (χ3v) is 3.32. The Morgan fingerprint density at radius 3 is 3.24 bits per heavy atom. The van der Waals surface area contributed by atoms with Gasteiger partial charge in [0.1, 0.15) is 0 Å². The first-order valence-electron chi connectivity index (χ1n) is 5.13. The van der Waals surface area contributed by atoms with E-state index in [1.807, 2.05) is 0 Å². The fraction of sp³-hybridized carbons (Fsp3) is 0.400. The molecule has 0 spiro atoms. The van der Waals surface area contributed by atoms with Gasteiger partial charge in [-0.1, -0.05) is 5.11 Å². The molecule has 0 radical (unpaired) electrons. The average molecular weight is 296 g/mol. The maximum absolute atomic E-state index is 11.8. The molecule has 1 aromatic rings. The van der Waals surface area contributed by atoms with E-state index in [1.54, 1.807) is 23.4 Å². The topological polar surface area (TPSA) is 82.0 Å². The Bertz CT molecular complexity index is 485. The third kappa shape index (κ3) is 2.57. The van der Waals surface area contributed by atoms with Crippen LogP contribution in [0, 0.1) is 5.92 Å². The van der Waals surface area contributed by atoms with Gasteiger partial charge in [-0.25, -0.2) is 0 Å². The zero-order valence-electron chi connectivity index (χ0n) is 8.95. The molecule has 2 rings (SSSR count). The van der Waals surface area contributed by atoms with Crippen LogP contribution in [0.2, 0.25) is 0 Å². The SMILES string of the molecule is [N-]=[N+]=NCC1CC(=O)N(c2cnccc2Br)C1. The van der Waals surface area contributed by atoms with E-state index >= 15 is 0 Å². The Hall–Kier alpha value is -1.59. The van der Waals surface area contributed by atoms with E-state index in [9.17, 15) is 4.79 Å². The summed E-state index contributed by atoms with van der Waals surface area (Å²) in [4.78, 5) is 20.2. The molecule has 1 saturated heterocycles. The summed E-state index contributed by atoms with van der Waals surface area (Å²) >= 11 is 3.39. The monoisotopic (exact) mass is 295 g/mol. The largest absolute Gasteiger partial charge is 0.310 e. The highest BCUT2D eigenvalue weighted by molar-refractivity contribution is 9.10. The van der Waals surface area contributed by atoms with Gasteiger partial charge in [0.25, 0.3) is 0 Å². The van der Waals surface area contributed by atoms with Crippen LogP contribution in [-0.4, -0.2) is 24.0 Å². The summed E-state index contributed by atoms with van der Waals surface area (Å²) < 4.78 is 0.838. The van der Waals surface area contributed by atoms with Crippen molar-refractivity contribution in [1.82, 2.24) is 4.98 Å². The van der Waals surface area contributed by atoms with Crippen molar-refractivity contribution in [1.29, 1.82) is 0 Å². The molecule has 1 fully saturated rings. The van der Waals surface area contributed by atoms with Crippen LogP contribution in [0.4, 0.5) is 5.69 Å². The first-order valence-corrected chi connectivity index (χ1v) is 5.92. The molecule has 0 N–H and O–H groups in total. The Morgan fingerprint density at radius 1 is 1.71 bits per heavy atom. The summed E-state index contributed by atoms with van der Waals surface area (Å²) in [5.41, 5.74) is 9.03. The first-order chi connectivity index (χ1) is 8.22. The maximum atomic E-state index is 11.8. The van der Waals surface area contributed by atoms with E-state index in [0.717, 1.165) is 10.2 Å². The van der Waals surface area contributed by atoms with Crippen molar-refractivity contribution in [2.75, 3.05) is 18.0 Å². The summed E-state index contributed by atoms with van der Waals surface area (Å²) in [6, 6.07) is 1.80. The second-order valence-corrected chi connectivity index (χ2v) is 4.67. The van der Waals surface area contributed by atoms with Gasteiger partial charge in [0.15, 0.2) is 0 Å². The van der Waals surface area contributed by atoms with Gasteiger partial charge in [-0.05, 0) is 33.4 Å². The summed E-state index contributed by atoms with van der Waals surface area (Å²) in [7, 11) is 0. The minimum Gasteiger partial charge on any atom is -0.310 e. The highest BCUT2D eigenvalue weighted by Gasteiger charge is 2.31. The van der Waals surface area contributed by atoms with Crippen molar-refractivity contribution in [3.63, 3.8) is 0 Å². The normalized spacial score (nSPS) is 19.2. The molecule has 88 valence electrons. The maximum Gasteiger partial charge on any atom is 0.227 e.